The molecule has 11 heteroatoms. The Labute approximate surface area is 198 Å². The fourth-order valence-corrected chi connectivity index (χ4v) is 3.26. The minimum atomic E-state index is -1.08. The van der Waals surface area contributed by atoms with Crippen molar-refractivity contribution < 1.29 is 28.7 Å². The van der Waals surface area contributed by atoms with Gasteiger partial charge in [-0.3, -0.25) is 10.2 Å². The monoisotopic (exact) mass is 475 g/mol. The van der Waals surface area contributed by atoms with Crippen LogP contribution in [0.1, 0.15) is 56.6 Å². The largest absolute Gasteiger partial charge is 0.467 e. The van der Waals surface area contributed by atoms with E-state index in [1.54, 1.807) is 24.3 Å². The van der Waals surface area contributed by atoms with Crippen molar-refractivity contribution in [3.8, 4) is 0 Å². The molecule has 1 aliphatic rings. The third kappa shape index (κ3) is 8.72. The molecule has 1 aromatic carbocycles. The fourth-order valence-electron chi connectivity index (χ4n) is 3.26. The topological polar surface area (TPSA) is 165 Å². The molecule has 11 nitrogen and oxygen atoms in total. The maximum absolute atomic E-state index is 12.4. The molecule has 34 heavy (non-hydrogen) atoms. The number of rotatable bonds is 13. The highest BCUT2D eigenvalue weighted by Gasteiger charge is 2.27. The number of alkyl carbamates (subject to hydrolysis) is 1. The van der Waals surface area contributed by atoms with Crippen LogP contribution in [0.25, 0.3) is 0 Å². The summed E-state index contributed by atoms with van der Waals surface area (Å²) < 4.78 is 9.78. The van der Waals surface area contributed by atoms with Gasteiger partial charge in [0.25, 0.3) is 0 Å². The summed E-state index contributed by atoms with van der Waals surface area (Å²) in [5.74, 6) is -1.08. The second kappa shape index (κ2) is 13.8. The van der Waals surface area contributed by atoms with Crippen molar-refractivity contribution in [3.05, 3.63) is 35.4 Å². The van der Waals surface area contributed by atoms with Crippen LogP contribution in [0.4, 0.5) is 4.79 Å². The number of nitrogens with one attached hydrogen (secondary N) is 3. The van der Waals surface area contributed by atoms with Crippen molar-refractivity contribution >= 4 is 29.5 Å². The van der Waals surface area contributed by atoms with Crippen molar-refractivity contribution in [3.63, 3.8) is 0 Å². The van der Waals surface area contributed by atoms with Crippen LogP contribution in [0.2, 0.25) is 0 Å². The van der Waals surface area contributed by atoms with E-state index in [4.69, 9.17) is 25.5 Å². The lowest BCUT2D eigenvalue weighted by atomic mass is 10.0. The Morgan fingerprint density at radius 3 is 2.62 bits per heavy atom. The van der Waals surface area contributed by atoms with Crippen LogP contribution in [0.15, 0.2) is 29.4 Å². The van der Waals surface area contributed by atoms with Crippen LogP contribution in [-0.2, 0) is 23.9 Å². The number of nitrogen functional groups attached to an aromatic ring is 1. The molecule has 1 aromatic rings. The number of hydrogen-bond acceptors (Lipinski definition) is 8. The smallest absolute Gasteiger partial charge is 0.407 e. The van der Waals surface area contributed by atoms with Gasteiger partial charge in [0.05, 0.1) is 25.8 Å². The Bertz CT molecular complexity index is 886. The molecule has 0 fully saturated rings. The molecule has 1 unspecified atom stereocenters. The number of hydrogen-bond donors (Lipinski definition) is 4. The number of esters is 1. The number of benzene rings is 1. The number of carbonyl (C=O) groups excluding carboxylic acids is 3. The predicted molar refractivity (Wildman–Crippen MR) is 126 cm³/mol. The summed E-state index contributed by atoms with van der Waals surface area (Å²) in [6.45, 7) is 2.19. The molecule has 1 aliphatic heterocycles. The number of nitrogens with zero attached hydrogens (tertiary/aromatic N) is 1. The second-order valence-corrected chi connectivity index (χ2v) is 7.89. The number of amidine groups is 1. The first-order valence-corrected chi connectivity index (χ1v) is 11.3. The molecule has 2 rings (SSSR count). The normalized spacial score (nSPS) is 15.5. The van der Waals surface area contributed by atoms with Crippen molar-refractivity contribution in [2.45, 2.75) is 57.6 Å². The van der Waals surface area contributed by atoms with Gasteiger partial charge in [-0.2, -0.15) is 0 Å². The van der Waals surface area contributed by atoms with Gasteiger partial charge in [-0.15, -0.1) is 0 Å². The molecule has 2 atom stereocenters. The predicted octanol–water partition coefficient (Wildman–Crippen LogP) is 1.82. The van der Waals surface area contributed by atoms with E-state index in [0.717, 1.165) is 31.2 Å². The maximum atomic E-state index is 12.4. The Morgan fingerprint density at radius 1 is 1.24 bits per heavy atom. The zero-order valence-electron chi connectivity index (χ0n) is 19.6. The maximum Gasteiger partial charge on any atom is 0.407 e. The summed E-state index contributed by atoms with van der Waals surface area (Å²) in [5, 5.41) is 16.5. The van der Waals surface area contributed by atoms with E-state index in [0.29, 0.717) is 17.7 Å². The van der Waals surface area contributed by atoms with Gasteiger partial charge in [-0.25, -0.2) is 9.59 Å². The van der Waals surface area contributed by atoms with E-state index in [1.165, 1.54) is 7.11 Å². The number of oxime groups is 1. The Morgan fingerprint density at radius 2 is 1.97 bits per heavy atom. The van der Waals surface area contributed by atoms with Crippen molar-refractivity contribution in [2.24, 2.45) is 10.9 Å². The minimum Gasteiger partial charge on any atom is -0.467 e. The first-order chi connectivity index (χ1) is 16.3. The standard InChI is InChI=1S/C23H33N5O6/c1-3-4-5-6-11-33-23(31)27-19(22(30)32-2)14-26-20(29)13-17-12-18(28-34-17)15-7-9-16(10-8-15)21(24)25/h7-10,17,19H,3-6,11-14H2,1-2H3,(H3,24,25)(H,26,29)(H,27,31)/t17?,19-/m0/s1. The lowest BCUT2D eigenvalue weighted by Crippen LogP contribution is -2.49. The van der Waals surface area contributed by atoms with E-state index in [9.17, 15) is 14.4 Å². The quantitative estimate of drug-likeness (QED) is 0.146. The zero-order valence-corrected chi connectivity index (χ0v) is 19.6. The minimum absolute atomic E-state index is 0.0221. The van der Waals surface area contributed by atoms with Crippen molar-refractivity contribution in [2.75, 3.05) is 20.3 Å². The van der Waals surface area contributed by atoms with E-state index >= 15 is 0 Å². The zero-order chi connectivity index (χ0) is 24.9. The summed E-state index contributed by atoms with van der Waals surface area (Å²) >= 11 is 0. The molecular formula is C23H33N5O6. The highest BCUT2D eigenvalue weighted by molar-refractivity contribution is 6.02. The van der Waals surface area contributed by atoms with Gasteiger partial charge >= 0.3 is 12.1 Å². The molecule has 0 radical (unpaired) electrons. The van der Waals surface area contributed by atoms with Gasteiger partial charge in [-0.05, 0) is 12.0 Å². The third-order valence-electron chi connectivity index (χ3n) is 5.19. The average molecular weight is 476 g/mol. The van der Waals surface area contributed by atoms with Gasteiger partial charge in [0, 0.05) is 18.5 Å². The number of carbonyl (C=O) groups is 3. The Kier molecular flexibility index (Phi) is 10.8. The molecule has 0 aromatic heterocycles. The highest BCUT2D eigenvalue weighted by atomic mass is 16.6. The molecule has 186 valence electrons. The lowest BCUT2D eigenvalue weighted by molar-refractivity contribution is -0.143. The van der Waals surface area contributed by atoms with E-state index in [1.807, 2.05) is 0 Å². The van der Waals surface area contributed by atoms with Crippen LogP contribution in [0.5, 0.6) is 0 Å². The SMILES string of the molecule is CCCCCCOC(=O)N[C@@H](CNC(=O)CC1CC(c2ccc(C(=N)N)cc2)=NO1)C(=O)OC. The molecule has 0 saturated carbocycles. The van der Waals surface area contributed by atoms with Crippen LogP contribution < -0.4 is 16.4 Å². The van der Waals surface area contributed by atoms with Gasteiger partial charge in [0.2, 0.25) is 5.91 Å². The number of methoxy groups -OCH3 is 1. The molecule has 0 bridgehead atoms. The van der Waals surface area contributed by atoms with Crippen molar-refractivity contribution in [1.82, 2.24) is 10.6 Å². The summed E-state index contributed by atoms with van der Waals surface area (Å²) in [7, 11) is 1.20. The Hall–Kier alpha value is -3.63. The van der Waals surface area contributed by atoms with E-state index < -0.39 is 24.2 Å². The number of nitrogens with two attached hydrogens (primary N) is 1. The van der Waals surface area contributed by atoms with Crippen LogP contribution >= 0.6 is 0 Å². The van der Waals surface area contributed by atoms with Crippen LogP contribution in [0, 0.1) is 5.41 Å². The number of amides is 2. The first-order valence-electron chi connectivity index (χ1n) is 11.3. The third-order valence-corrected chi connectivity index (χ3v) is 5.19. The summed E-state index contributed by atoms with van der Waals surface area (Å²) in [6.07, 6.45) is 3.08. The summed E-state index contributed by atoms with van der Waals surface area (Å²) in [6, 6.07) is 5.94. The van der Waals surface area contributed by atoms with Crippen LogP contribution in [-0.4, -0.2) is 61.9 Å². The average Bonchev–Trinajstić information content (AvgIpc) is 3.29. The van der Waals surface area contributed by atoms with Gasteiger partial charge in [0.15, 0.2) is 0 Å². The first kappa shape index (κ1) is 26.6. The molecule has 0 aliphatic carbocycles. The molecule has 1 heterocycles. The van der Waals surface area contributed by atoms with Crippen molar-refractivity contribution in [1.29, 1.82) is 5.41 Å². The summed E-state index contributed by atoms with van der Waals surface area (Å²) in [4.78, 5) is 41.6. The second-order valence-electron chi connectivity index (χ2n) is 7.89. The highest BCUT2D eigenvalue weighted by Crippen LogP contribution is 2.19. The van der Waals surface area contributed by atoms with E-state index in [-0.39, 0.29) is 31.3 Å². The fraction of sp³-hybridized carbons (Fsp3) is 0.522. The molecule has 2 amide bonds. The van der Waals surface area contributed by atoms with Gasteiger partial charge in [-0.1, -0.05) is 55.6 Å². The molecular weight excluding hydrogens is 442 g/mol. The number of unbranched alkanes of at least 4 members (excludes halogenated alkanes) is 3. The number of ether oxygens (including phenoxy) is 2. The Balaban J connectivity index is 1.76. The molecule has 0 saturated heterocycles. The van der Waals surface area contributed by atoms with Crippen LogP contribution in [0.3, 0.4) is 0 Å². The van der Waals surface area contributed by atoms with Gasteiger partial charge in [0.1, 0.15) is 18.0 Å². The van der Waals surface area contributed by atoms with E-state index in [2.05, 4.69) is 22.7 Å². The summed E-state index contributed by atoms with van der Waals surface area (Å²) in [5.41, 5.74) is 7.56. The molecule has 0 spiro atoms. The molecule has 5 N–H and O–H groups in total. The van der Waals surface area contributed by atoms with Gasteiger partial charge < -0.3 is 30.7 Å². The lowest BCUT2D eigenvalue weighted by Gasteiger charge is -2.17.